The molecule has 83 heavy (non-hydrogen) atoms. The van der Waals surface area contributed by atoms with Gasteiger partial charge in [0, 0.05) is 12.8 Å². The molecule has 0 rings (SSSR count). The molecule has 0 saturated heterocycles. The summed E-state index contributed by atoms with van der Waals surface area (Å²) in [6.07, 6.45) is 88.8. The fraction of sp³-hybridized carbons (Fsp3) is 0.726. The van der Waals surface area contributed by atoms with Gasteiger partial charge >= 0.3 is 11.9 Å². The van der Waals surface area contributed by atoms with Crippen LogP contribution in [0.4, 0.5) is 0 Å². The first-order valence-corrected chi connectivity index (χ1v) is 35.6. The molecule has 0 heterocycles. The van der Waals surface area contributed by atoms with Crippen LogP contribution < -0.4 is 4.89 Å². The molecule has 0 fully saturated rings. The fourth-order valence-electron chi connectivity index (χ4n) is 9.32. The molecule has 10 heteroatoms. The number of carbonyl (C=O) groups excluding carboxylic acids is 2. The van der Waals surface area contributed by atoms with Gasteiger partial charge in [-0.25, -0.2) is 0 Å². The van der Waals surface area contributed by atoms with Gasteiger partial charge in [-0.05, 0) is 103 Å². The second-order valence-corrected chi connectivity index (χ2v) is 25.2. The number of hydrogen-bond acceptors (Lipinski definition) is 8. The van der Waals surface area contributed by atoms with Crippen molar-refractivity contribution in [1.29, 1.82) is 0 Å². The molecule has 0 radical (unpaired) electrons. The summed E-state index contributed by atoms with van der Waals surface area (Å²) in [4.78, 5) is 38.0. The van der Waals surface area contributed by atoms with Crippen molar-refractivity contribution in [2.45, 2.75) is 296 Å². The summed E-state index contributed by atoms with van der Waals surface area (Å²) < 4.78 is 34.2. The lowest BCUT2D eigenvalue weighted by Gasteiger charge is -2.28. The van der Waals surface area contributed by atoms with Gasteiger partial charge in [-0.1, -0.05) is 284 Å². The highest BCUT2D eigenvalue weighted by molar-refractivity contribution is 7.45. The maximum absolute atomic E-state index is 12.8. The second-order valence-electron chi connectivity index (χ2n) is 23.8. The average molecular weight is 1180 g/mol. The standard InChI is InChI=1S/C73H128NO8P/c1-6-8-10-12-14-16-18-20-22-24-26-27-28-29-30-31-32-33-34-35-36-37-38-39-40-41-42-43-44-45-46-47-48-50-52-54-56-58-60-62-64-66-73(76)82-71(70-81-83(77,78)80-68-67-74(3,4)5)69-79-72(75)65-63-61-59-57-55-53-51-49-25-23-21-19-17-15-13-11-9-7-2/h8,10,14,16-17,19-20,22-23,25-27,29-30,32-33,35-36,71H,6-7,9,11-13,15,18,21,24,28,31,34,37-70H2,1-5H3/b10-8-,16-14-,19-17-,22-20-,25-23-,27-26-,30-29-,33-32-,36-35-. The van der Waals surface area contributed by atoms with Gasteiger partial charge in [0.05, 0.1) is 27.7 Å². The minimum Gasteiger partial charge on any atom is -0.756 e. The second kappa shape index (κ2) is 63.2. The molecule has 0 spiro atoms. The zero-order valence-corrected chi connectivity index (χ0v) is 55.3. The maximum atomic E-state index is 12.8. The van der Waals surface area contributed by atoms with E-state index < -0.39 is 26.5 Å². The van der Waals surface area contributed by atoms with Crippen LogP contribution in [0, 0.1) is 0 Å². The lowest BCUT2D eigenvalue weighted by Crippen LogP contribution is -2.37. The lowest BCUT2D eigenvalue weighted by atomic mass is 10.0. The van der Waals surface area contributed by atoms with Crippen LogP contribution >= 0.6 is 7.82 Å². The predicted octanol–water partition coefficient (Wildman–Crippen LogP) is 21.5. The smallest absolute Gasteiger partial charge is 0.306 e. The Kier molecular flexibility index (Phi) is 60.6. The fourth-order valence-corrected chi connectivity index (χ4v) is 10.0. The van der Waals surface area contributed by atoms with Crippen LogP contribution in [0.1, 0.15) is 290 Å². The summed E-state index contributed by atoms with van der Waals surface area (Å²) in [6.45, 7) is 4.12. The average Bonchev–Trinajstić information content (AvgIpc) is 3.48. The number of phosphoric ester groups is 1. The van der Waals surface area contributed by atoms with Crippen molar-refractivity contribution in [3.8, 4) is 0 Å². The minimum absolute atomic E-state index is 0.0343. The number of allylic oxidation sites excluding steroid dienone is 18. The van der Waals surface area contributed by atoms with Crippen LogP contribution in [0.2, 0.25) is 0 Å². The molecule has 2 atom stereocenters. The third-order valence-corrected chi connectivity index (χ3v) is 15.5. The topological polar surface area (TPSA) is 111 Å². The van der Waals surface area contributed by atoms with Gasteiger partial charge in [-0.15, -0.1) is 0 Å². The Morgan fingerprint density at radius 2 is 0.687 bits per heavy atom. The minimum atomic E-state index is -4.64. The molecule has 0 aromatic rings. The normalized spacial score (nSPS) is 13.9. The largest absolute Gasteiger partial charge is 0.756 e. The maximum Gasteiger partial charge on any atom is 0.306 e. The Morgan fingerprint density at radius 3 is 1.02 bits per heavy atom. The summed E-state index contributed by atoms with van der Waals surface area (Å²) >= 11 is 0. The van der Waals surface area contributed by atoms with Crippen molar-refractivity contribution < 1.29 is 42.1 Å². The van der Waals surface area contributed by atoms with Crippen LogP contribution in [-0.4, -0.2) is 70.0 Å². The lowest BCUT2D eigenvalue weighted by molar-refractivity contribution is -0.870. The highest BCUT2D eigenvalue weighted by atomic mass is 31.2. The number of nitrogens with zero attached hydrogens (tertiary/aromatic N) is 1. The van der Waals surface area contributed by atoms with Gasteiger partial charge in [0.25, 0.3) is 7.82 Å². The molecule has 9 nitrogen and oxygen atoms in total. The zero-order valence-electron chi connectivity index (χ0n) is 54.4. The van der Waals surface area contributed by atoms with E-state index in [2.05, 4.69) is 123 Å². The highest BCUT2D eigenvalue weighted by Crippen LogP contribution is 2.38. The molecule has 2 unspecified atom stereocenters. The van der Waals surface area contributed by atoms with E-state index in [9.17, 15) is 19.0 Å². The van der Waals surface area contributed by atoms with Crippen molar-refractivity contribution >= 4 is 19.8 Å². The number of quaternary nitrogens is 1. The first-order valence-electron chi connectivity index (χ1n) is 34.1. The van der Waals surface area contributed by atoms with E-state index >= 15 is 0 Å². The van der Waals surface area contributed by atoms with Gasteiger partial charge in [0.15, 0.2) is 6.10 Å². The van der Waals surface area contributed by atoms with Crippen molar-refractivity contribution in [3.05, 3.63) is 109 Å². The molecule has 478 valence electrons. The molecule has 0 aromatic carbocycles. The van der Waals surface area contributed by atoms with Crippen molar-refractivity contribution in [2.24, 2.45) is 0 Å². The van der Waals surface area contributed by atoms with Crippen LogP contribution in [0.25, 0.3) is 0 Å². The Labute approximate surface area is 512 Å². The van der Waals surface area contributed by atoms with E-state index in [0.29, 0.717) is 17.4 Å². The summed E-state index contributed by atoms with van der Waals surface area (Å²) in [5, 5.41) is 0. The summed E-state index contributed by atoms with van der Waals surface area (Å²) in [5.41, 5.74) is 0. The SMILES string of the molecule is CC/C=C\C/C=C\C/C=C\C/C=C\C/C=C\C/C=C\C/C=C\CCCCCCCCCCCCCCCCCCCCCC(=O)OC(COC(=O)CCCCCCCCC/C=C\C/C=C\CCCCCC)COP(=O)([O-])OCC[N+](C)(C)C. The van der Waals surface area contributed by atoms with Crippen LogP contribution in [0.3, 0.4) is 0 Å². The third kappa shape index (κ3) is 67.7. The number of esters is 2. The van der Waals surface area contributed by atoms with E-state index in [4.69, 9.17) is 18.5 Å². The molecule has 0 aliphatic rings. The predicted molar refractivity (Wildman–Crippen MR) is 355 cm³/mol. The van der Waals surface area contributed by atoms with Crippen LogP contribution in [0.5, 0.6) is 0 Å². The van der Waals surface area contributed by atoms with E-state index in [-0.39, 0.29) is 32.0 Å². The number of likely N-dealkylation sites (N-methyl/N-ethyl adjacent to an activating group) is 1. The Balaban J connectivity index is 3.97. The molecule has 0 saturated carbocycles. The van der Waals surface area contributed by atoms with Gasteiger partial charge in [0.2, 0.25) is 0 Å². The monoisotopic (exact) mass is 1180 g/mol. The van der Waals surface area contributed by atoms with Gasteiger partial charge in [-0.2, -0.15) is 0 Å². The highest BCUT2D eigenvalue weighted by Gasteiger charge is 2.22. The van der Waals surface area contributed by atoms with E-state index in [1.54, 1.807) is 0 Å². The van der Waals surface area contributed by atoms with Gasteiger partial charge in [0.1, 0.15) is 19.8 Å². The number of unbranched alkanes of at least 4 members (excludes halogenated alkanes) is 30. The van der Waals surface area contributed by atoms with E-state index in [1.165, 1.54) is 154 Å². The Morgan fingerprint density at radius 1 is 0.386 bits per heavy atom. The molecular formula is C73H128NO8P. The number of phosphoric acid groups is 1. The van der Waals surface area contributed by atoms with Crippen LogP contribution in [-0.2, 0) is 32.7 Å². The molecule has 0 aliphatic carbocycles. The van der Waals surface area contributed by atoms with Crippen LogP contribution in [0.15, 0.2) is 109 Å². The quantitative estimate of drug-likeness (QED) is 0.0195. The van der Waals surface area contributed by atoms with E-state index in [1.807, 2.05) is 21.1 Å². The molecule has 0 N–H and O–H groups in total. The molecule has 0 aliphatic heterocycles. The van der Waals surface area contributed by atoms with Crippen molar-refractivity contribution in [3.63, 3.8) is 0 Å². The number of carbonyl (C=O) groups is 2. The third-order valence-electron chi connectivity index (χ3n) is 14.5. The van der Waals surface area contributed by atoms with E-state index in [0.717, 1.165) is 103 Å². The first kappa shape index (κ1) is 79.7. The molecule has 0 bridgehead atoms. The van der Waals surface area contributed by atoms with Crippen molar-refractivity contribution in [2.75, 3.05) is 47.5 Å². The molecule has 0 amide bonds. The summed E-state index contributed by atoms with van der Waals surface area (Å²) in [7, 11) is 1.16. The van der Waals surface area contributed by atoms with Gasteiger partial charge < -0.3 is 27.9 Å². The summed E-state index contributed by atoms with van der Waals surface area (Å²) in [5.74, 6) is -0.836. The molecule has 0 aromatic heterocycles. The van der Waals surface area contributed by atoms with Crippen molar-refractivity contribution in [1.82, 2.24) is 0 Å². The first-order chi connectivity index (χ1) is 40.5. The Hall–Kier alpha value is -3.33. The Bertz CT molecular complexity index is 1770. The number of ether oxygens (including phenoxy) is 2. The van der Waals surface area contributed by atoms with Gasteiger partial charge in [-0.3, -0.25) is 14.2 Å². The summed E-state index contributed by atoms with van der Waals surface area (Å²) in [6, 6.07) is 0. The zero-order chi connectivity index (χ0) is 60.5. The molecular weight excluding hydrogens is 1050 g/mol. The number of hydrogen-bond donors (Lipinski definition) is 0. The number of rotatable bonds is 62.